The summed E-state index contributed by atoms with van der Waals surface area (Å²) in [6, 6.07) is 8.56. The monoisotopic (exact) mass is 338 g/mol. The Kier molecular flexibility index (Phi) is 4.21. The lowest BCUT2D eigenvalue weighted by Crippen LogP contribution is -2.46. The number of thiophene rings is 1. The predicted octanol–water partition coefficient (Wildman–Crippen LogP) is 3.81. The summed E-state index contributed by atoms with van der Waals surface area (Å²) in [6.07, 6.45) is 1.71. The third-order valence-electron chi connectivity index (χ3n) is 4.90. The molecule has 24 heavy (non-hydrogen) atoms. The quantitative estimate of drug-likeness (QED) is 0.727. The minimum atomic E-state index is 1.03. The Labute approximate surface area is 146 Å². The highest BCUT2D eigenvalue weighted by atomic mass is 32.1. The van der Waals surface area contributed by atoms with Gasteiger partial charge in [0.1, 0.15) is 17.0 Å². The highest BCUT2D eigenvalue weighted by Gasteiger charge is 2.22. The molecule has 0 amide bonds. The lowest BCUT2D eigenvalue weighted by Gasteiger charge is -2.35. The zero-order chi connectivity index (χ0) is 16.5. The van der Waals surface area contributed by atoms with Crippen LogP contribution in [0.1, 0.15) is 12.5 Å². The van der Waals surface area contributed by atoms with Crippen LogP contribution in [0.15, 0.2) is 36.0 Å². The van der Waals surface area contributed by atoms with Crippen LogP contribution in [0.5, 0.6) is 0 Å². The zero-order valence-electron chi connectivity index (χ0n) is 14.2. The van der Waals surface area contributed by atoms with Gasteiger partial charge in [0.25, 0.3) is 0 Å². The number of aryl methyl sites for hydroxylation is 1. The van der Waals surface area contributed by atoms with E-state index in [1.165, 1.54) is 22.1 Å². The summed E-state index contributed by atoms with van der Waals surface area (Å²) in [7, 11) is 0. The molecule has 4 rings (SSSR count). The van der Waals surface area contributed by atoms with E-state index in [9.17, 15) is 0 Å². The number of hydrogen-bond donors (Lipinski definition) is 0. The molecule has 0 saturated carbocycles. The number of benzene rings is 1. The summed E-state index contributed by atoms with van der Waals surface area (Å²) in [5.41, 5.74) is 3.84. The van der Waals surface area contributed by atoms with Gasteiger partial charge in [-0.3, -0.25) is 0 Å². The lowest BCUT2D eigenvalue weighted by molar-refractivity contribution is 0.271. The van der Waals surface area contributed by atoms with Crippen molar-refractivity contribution >= 4 is 27.4 Å². The normalized spacial score (nSPS) is 16.0. The highest BCUT2D eigenvalue weighted by Crippen LogP contribution is 2.39. The molecule has 3 heterocycles. The van der Waals surface area contributed by atoms with Gasteiger partial charge in [0, 0.05) is 37.1 Å². The topological polar surface area (TPSA) is 32.3 Å². The van der Waals surface area contributed by atoms with Crippen LogP contribution in [0.25, 0.3) is 21.3 Å². The van der Waals surface area contributed by atoms with Crippen LogP contribution >= 0.6 is 11.3 Å². The van der Waals surface area contributed by atoms with Gasteiger partial charge in [-0.1, -0.05) is 31.2 Å². The van der Waals surface area contributed by atoms with E-state index in [1.807, 2.05) is 0 Å². The molecule has 0 aliphatic carbocycles. The van der Waals surface area contributed by atoms with Crippen molar-refractivity contribution in [2.24, 2.45) is 0 Å². The van der Waals surface area contributed by atoms with E-state index in [0.717, 1.165) is 43.4 Å². The maximum Gasteiger partial charge on any atom is 0.141 e. The van der Waals surface area contributed by atoms with Crippen LogP contribution in [0.2, 0.25) is 0 Å². The van der Waals surface area contributed by atoms with Gasteiger partial charge in [0.05, 0.1) is 5.39 Å². The lowest BCUT2D eigenvalue weighted by atomic mass is 10.0. The smallest absolute Gasteiger partial charge is 0.141 e. The number of piperazine rings is 1. The number of aromatic nitrogens is 2. The largest absolute Gasteiger partial charge is 0.353 e. The van der Waals surface area contributed by atoms with Crippen molar-refractivity contribution in [2.45, 2.75) is 13.8 Å². The maximum atomic E-state index is 4.67. The zero-order valence-corrected chi connectivity index (χ0v) is 15.0. The van der Waals surface area contributed by atoms with E-state index < -0.39 is 0 Å². The van der Waals surface area contributed by atoms with E-state index in [2.05, 4.69) is 63.3 Å². The summed E-state index contributed by atoms with van der Waals surface area (Å²) >= 11 is 1.71. The first-order valence-corrected chi connectivity index (χ1v) is 9.41. The molecule has 1 saturated heterocycles. The van der Waals surface area contributed by atoms with Crippen molar-refractivity contribution in [3.05, 3.63) is 41.5 Å². The molecule has 0 unspecified atom stereocenters. The minimum absolute atomic E-state index is 1.03. The average Bonchev–Trinajstić information content (AvgIpc) is 3.06. The number of rotatable bonds is 3. The van der Waals surface area contributed by atoms with Gasteiger partial charge in [0.2, 0.25) is 0 Å². The van der Waals surface area contributed by atoms with E-state index in [-0.39, 0.29) is 0 Å². The molecule has 1 aliphatic rings. The van der Waals surface area contributed by atoms with Crippen molar-refractivity contribution in [2.75, 3.05) is 37.6 Å². The Hall–Kier alpha value is -1.98. The number of anilines is 1. The Bertz CT molecular complexity index is 849. The molecule has 124 valence electrons. The van der Waals surface area contributed by atoms with Gasteiger partial charge >= 0.3 is 0 Å². The molecular weight excluding hydrogens is 316 g/mol. The number of nitrogens with zero attached hydrogens (tertiary/aromatic N) is 4. The number of hydrogen-bond acceptors (Lipinski definition) is 5. The van der Waals surface area contributed by atoms with Gasteiger partial charge in [-0.05, 0) is 24.6 Å². The van der Waals surface area contributed by atoms with Crippen molar-refractivity contribution in [3.63, 3.8) is 0 Å². The third kappa shape index (κ3) is 2.68. The Morgan fingerprint density at radius 1 is 1.04 bits per heavy atom. The summed E-state index contributed by atoms with van der Waals surface area (Å²) < 4.78 is 0. The average molecular weight is 338 g/mol. The van der Waals surface area contributed by atoms with Crippen molar-refractivity contribution in [3.8, 4) is 11.1 Å². The van der Waals surface area contributed by atoms with E-state index in [4.69, 9.17) is 0 Å². The first-order chi connectivity index (χ1) is 11.8. The van der Waals surface area contributed by atoms with Crippen LogP contribution < -0.4 is 4.90 Å². The molecule has 5 heteroatoms. The van der Waals surface area contributed by atoms with Crippen molar-refractivity contribution in [1.29, 1.82) is 0 Å². The number of fused-ring (bicyclic) bond motifs is 1. The van der Waals surface area contributed by atoms with Gasteiger partial charge in [-0.25, -0.2) is 9.97 Å². The van der Waals surface area contributed by atoms with E-state index in [1.54, 1.807) is 17.7 Å². The molecule has 1 fully saturated rings. The molecule has 0 bridgehead atoms. The first-order valence-electron chi connectivity index (χ1n) is 8.53. The second-order valence-corrected chi connectivity index (χ2v) is 7.12. The molecule has 0 spiro atoms. The fraction of sp³-hybridized carbons (Fsp3) is 0.368. The summed E-state index contributed by atoms with van der Waals surface area (Å²) in [6.45, 7) is 9.79. The fourth-order valence-corrected chi connectivity index (χ4v) is 4.35. The van der Waals surface area contributed by atoms with Gasteiger partial charge < -0.3 is 9.80 Å². The van der Waals surface area contributed by atoms with Gasteiger partial charge in [-0.2, -0.15) is 0 Å². The second-order valence-electron chi connectivity index (χ2n) is 6.26. The molecule has 1 aromatic carbocycles. The molecule has 0 N–H and O–H groups in total. The minimum Gasteiger partial charge on any atom is -0.353 e. The Morgan fingerprint density at radius 3 is 2.58 bits per heavy atom. The predicted molar refractivity (Wildman–Crippen MR) is 102 cm³/mol. The van der Waals surface area contributed by atoms with Crippen LogP contribution in [-0.2, 0) is 0 Å². The van der Waals surface area contributed by atoms with E-state index in [0.29, 0.717) is 0 Å². The molecule has 0 atom stereocenters. The Balaban J connectivity index is 1.80. The molecule has 3 aromatic rings. The summed E-state index contributed by atoms with van der Waals surface area (Å²) in [4.78, 5) is 15.2. The van der Waals surface area contributed by atoms with Gasteiger partial charge in [-0.15, -0.1) is 11.3 Å². The highest BCUT2D eigenvalue weighted by molar-refractivity contribution is 7.17. The number of likely N-dealkylation sites (N-methyl/N-ethyl adjacent to an activating group) is 1. The fourth-order valence-electron chi connectivity index (χ4n) is 3.45. The first kappa shape index (κ1) is 15.5. The summed E-state index contributed by atoms with van der Waals surface area (Å²) in [5, 5.41) is 3.44. The maximum absolute atomic E-state index is 4.67. The SMILES string of the molecule is CCN1CCN(c2ncnc3scc(-c4ccccc4C)c23)CC1. The molecule has 0 radical (unpaired) electrons. The van der Waals surface area contributed by atoms with Crippen LogP contribution in [0.3, 0.4) is 0 Å². The molecule has 4 nitrogen and oxygen atoms in total. The van der Waals surface area contributed by atoms with Crippen LogP contribution in [0, 0.1) is 6.92 Å². The van der Waals surface area contributed by atoms with Crippen LogP contribution in [-0.4, -0.2) is 47.6 Å². The molecular formula is C19H22N4S. The second kappa shape index (κ2) is 6.49. The van der Waals surface area contributed by atoms with Crippen molar-refractivity contribution in [1.82, 2.24) is 14.9 Å². The van der Waals surface area contributed by atoms with Crippen LogP contribution in [0.4, 0.5) is 5.82 Å². The molecule has 1 aliphatic heterocycles. The Morgan fingerprint density at radius 2 is 1.83 bits per heavy atom. The van der Waals surface area contributed by atoms with E-state index >= 15 is 0 Å². The molecule has 2 aromatic heterocycles. The third-order valence-corrected chi connectivity index (χ3v) is 5.79. The van der Waals surface area contributed by atoms with Crippen molar-refractivity contribution < 1.29 is 0 Å². The van der Waals surface area contributed by atoms with Gasteiger partial charge in [0.15, 0.2) is 0 Å². The standard InChI is InChI=1S/C19H22N4S/c1-3-22-8-10-23(11-9-22)18-17-16(12-24-19(17)21-13-20-18)15-7-5-4-6-14(15)2/h4-7,12-13H,3,8-11H2,1-2H3. The summed E-state index contributed by atoms with van der Waals surface area (Å²) in [5.74, 6) is 1.09.